The molecule has 1 aromatic carbocycles. The van der Waals surface area contributed by atoms with Crippen LogP contribution in [-0.4, -0.2) is 52.9 Å². The van der Waals surface area contributed by atoms with Crippen LogP contribution in [0.15, 0.2) is 41.7 Å². The average Bonchev–Trinajstić information content (AvgIpc) is 3.06. The highest BCUT2D eigenvalue weighted by molar-refractivity contribution is 5.80. The number of morpholine rings is 1. The lowest BCUT2D eigenvalue weighted by atomic mass is 10.1. The SMILES string of the molecule is CCNC(=NCCc1cnn(C)c1)N1CC(C)OC(c2ccc(F)cc2)C1. The third-order valence-corrected chi connectivity index (χ3v) is 4.56. The molecule has 0 bridgehead atoms. The summed E-state index contributed by atoms with van der Waals surface area (Å²) in [6.45, 7) is 7.09. The number of ether oxygens (including phenoxy) is 1. The standard InChI is InChI=1S/C20H28FN5O/c1-4-22-20(23-10-9-16-11-24-25(3)13-16)26-12-15(2)27-19(14-26)17-5-7-18(21)8-6-17/h5-8,11,13,15,19H,4,9-10,12,14H2,1-3H3,(H,22,23). The Hall–Kier alpha value is -2.41. The molecule has 2 heterocycles. The van der Waals surface area contributed by atoms with E-state index in [0.717, 1.165) is 31.0 Å². The van der Waals surface area contributed by atoms with Gasteiger partial charge in [-0.3, -0.25) is 9.67 Å². The smallest absolute Gasteiger partial charge is 0.194 e. The van der Waals surface area contributed by atoms with E-state index in [4.69, 9.17) is 9.73 Å². The first-order valence-corrected chi connectivity index (χ1v) is 9.47. The molecule has 0 spiro atoms. The van der Waals surface area contributed by atoms with Gasteiger partial charge in [-0.05, 0) is 43.5 Å². The van der Waals surface area contributed by atoms with Gasteiger partial charge in [-0.25, -0.2) is 4.39 Å². The minimum absolute atomic E-state index is 0.0657. The zero-order valence-electron chi connectivity index (χ0n) is 16.2. The van der Waals surface area contributed by atoms with Gasteiger partial charge in [0.15, 0.2) is 5.96 Å². The van der Waals surface area contributed by atoms with Crippen molar-refractivity contribution in [2.45, 2.75) is 32.5 Å². The zero-order chi connectivity index (χ0) is 19.2. The molecule has 0 aliphatic carbocycles. The number of benzene rings is 1. The molecule has 146 valence electrons. The first-order valence-electron chi connectivity index (χ1n) is 9.47. The Bertz CT molecular complexity index is 758. The van der Waals surface area contributed by atoms with E-state index in [1.54, 1.807) is 16.8 Å². The summed E-state index contributed by atoms with van der Waals surface area (Å²) in [5.74, 6) is 0.661. The van der Waals surface area contributed by atoms with Gasteiger partial charge in [-0.2, -0.15) is 5.10 Å². The molecule has 27 heavy (non-hydrogen) atoms. The number of hydrogen-bond acceptors (Lipinski definition) is 3. The lowest BCUT2D eigenvalue weighted by Gasteiger charge is -2.38. The number of aryl methyl sites for hydroxylation is 1. The minimum Gasteiger partial charge on any atom is -0.367 e. The van der Waals surface area contributed by atoms with E-state index in [-0.39, 0.29) is 18.0 Å². The molecular formula is C20H28FN5O. The van der Waals surface area contributed by atoms with Crippen molar-refractivity contribution < 1.29 is 9.13 Å². The van der Waals surface area contributed by atoms with E-state index in [9.17, 15) is 4.39 Å². The highest BCUT2D eigenvalue weighted by Gasteiger charge is 2.28. The number of aliphatic imine (C=N–C) groups is 1. The highest BCUT2D eigenvalue weighted by Crippen LogP contribution is 2.25. The van der Waals surface area contributed by atoms with Gasteiger partial charge in [-0.15, -0.1) is 0 Å². The van der Waals surface area contributed by atoms with Crippen molar-refractivity contribution in [2.75, 3.05) is 26.2 Å². The summed E-state index contributed by atoms with van der Waals surface area (Å²) in [5, 5.41) is 7.58. The van der Waals surface area contributed by atoms with Crippen molar-refractivity contribution in [1.29, 1.82) is 0 Å². The molecule has 0 amide bonds. The fraction of sp³-hybridized carbons (Fsp3) is 0.500. The maximum Gasteiger partial charge on any atom is 0.194 e. The third kappa shape index (κ3) is 5.29. The molecule has 0 saturated carbocycles. The summed E-state index contributed by atoms with van der Waals surface area (Å²) in [5.41, 5.74) is 2.16. The van der Waals surface area contributed by atoms with Crippen LogP contribution in [0.1, 0.15) is 31.1 Å². The summed E-state index contributed by atoms with van der Waals surface area (Å²) in [7, 11) is 1.92. The third-order valence-electron chi connectivity index (χ3n) is 4.56. The fourth-order valence-corrected chi connectivity index (χ4v) is 3.30. The first-order chi connectivity index (χ1) is 13.0. The molecule has 7 heteroatoms. The van der Waals surface area contributed by atoms with Gasteiger partial charge in [0.1, 0.15) is 11.9 Å². The number of halogens is 1. The number of nitrogens with one attached hydrogen (secondary N) is 1. The van der Waals surface area contributed by atoms with E-state index in [1.165, 1.54) is 17.7 Å². The maximum atomic E-state index is 13.2. The van der Waals surface area contributed by atoms with Gasteiger partial charge in [-0.1, -0.05) is 12.1 Å². The average molecular weight is 373 g/mol. The summed E-state index contributed by atoms with van der Waals surface area (Å²) in [6, 6.07) is 6.55. The second-order valence-electron chi connectivity index (χ2n) is 6.90. The second kappa shape index (κ2) is 8.99. The number of hydrogen-bond donors (Lipinski definition) is 1. The zero-order valence-corrected chi connectivity index (χ0v) is 16.2. The molecule has 1 N–H and O–H groups in total. The largest absolute Gasteiger partial charge is 0.367 e. The van der Waals surface area contributed by atoms with Crippen molar-refractivity contribution in [1.82, 2.24) is 20.0 Å². The molecule has 1 aliphatic heterocycles. The predicted octanol–water partition coefficient (Wildman–Crippen LogP) is 2.53. The van der Waals surface area contributed by atoms with Crippen LogP contribution >= 0.6 is 0 Å². The van der Waals surface area contributed by atoms with Crippen molar-refractivity contribution >= 4 is 5.96 Å². The molecule has 2 aromatic rings. The summed E-state index contributed by atoms with van der Waals surface area (Å²) < 4.78 is 21.1. The van der Waals surface area contributed by atoms with Gasteiger partial charge in [0.05, 0.1) is 18.8 Å². The van der Waals surface area contributed by atoms with Crippen molar-refractivity contribution in [3.8, 4) is 0 Å². The monoisotopic (exact) mass is 373 g/mol. The van der Waals surface area contributed by atoms with E-state index in [0.29, 0.717) is 13.1 Å². The molecule has 1 aliphatic rings. The van der Waals surface area contributed by atoms with E-state index < -0.39 is 0 Å². The van der Waals surface area contributed by atoms with E-state index >= 15 is 0 Å². The second-order valence-corrected chi connectivity index (χ2v) is 6.90. The van der Waals surface area contributed by atoms with E-state index in [1.807, 2.05) is 19.4 Å². The maximum absolute atomic E-state index is 13.2. The van der Waals surface area contributed by atoms with Crippen molar-refractivity contribution in [2.24, 2.45) is 12.0 Å². The van der Waals surface area contributed by atoms with E-state index in [2.05, 4.69) is 29.2 Å². The van der Waals surface area contributed by atoms with Gasteiger partial charge >= 0.3 is 0 Å². The topological polar surface area (TPSA) is 54.7 Å². The molecule has 1 aromatic heterocycles. The summed E-state index contributed by atoms with van der Waals surface area (Å²) in [6.07, 6.45) is 4.71. The van der Waals surface area contributed by atoms with Crippen LogP contribution in [0.2, 0.25) is 0 Å². The Kier molecular flexibility index (Phi) is 6.45. The van der Waals surface area contributed by atoms with Crippen LogP contribution in [0.3, 0.4) is 0 Å². The Labute approximate surface area is 160 Å². The normalized spacial score (nSPS) is 20.7. The highest BCUT2D eigenvalue weighted by atomic mass is 19.1. The molecule has 2 atom stereocenters. The number of aromatic nitrogens is 2. The quantitative estimate of drug-likeness (QED) is 0.646. The Morgan fingerprint density at radius 2 is 2.11 bits per heavy atom. The van der Waals surface area contributed by atoms with Gasteiger partial charge < -0.3 is 15.0 Å². The molecule has 6 nitrogen and oxygen atoms in total. The lowest BCUT2D eigenvalue weighted by molar-refractivity contribution is -0.0605. The first kappa shape index (κ1) is 19.4. The summed E-state index contributed by atoms with van der Waals surface area (Å²) >= 11 is 0. The Morgan fingerprint density at radius 3 is 2.78 bits per heavy atom. The number of nitrogens with zero attached hydrogens (tertiary/aromatic N) is 4. The van der Waals surface area contributed by atoms with Crippen LogP contribution in [0.5, 0.6) is 0 Å². The molecule has 1 saturated heterocycles. The van der Waals surface area contributed by atoms with Crippen LogP contribution in [-0.2, 0) is 18.2 Å². The van der Waals surface area contributed by atoms with Gasteiger partial charge in [0, 0.05) is 32.9 Å². The Balaban J connectivity index is 1.69. The Morgan fingerprint density at radius 1 is 1.33 bits per heavy atom. The molecule has 3 rings (SSSR count). The van der Waals surface area contributed by atoms with Gasteiger partial charge in [0.2, 0.25) is 0 Å². The van der Waals surface area contributed by atoms with Crippen LogP contribution in [0, 0.1) is 5.82 Å². The van der Waals surface area contributed by atoms with Crippen LogP contribution in [0.4, 0.5) is 4.39 Å². The molecule has 0 radical (unpaired) electrons. The number of guanidine groups is 1. The minimum atomic E-state index is -0.232. The predicted molar refractivity (Wildman–Crippen MR) is 104 cm³/mol. The molecule has 2 unspecified atom stereocenters. The molecular weight excluding hydrogens is 345 g/mol. The van der Waals surface area contributed by atoms with Crippen molar-refractivity contribution in [3.63, 3.8) is 0 Å². The van der Waals surface area contributed by atoms with Crippen LogP contribution in [0.25, 0.3) is 0 Å². The number of rotatable bonds is 5. The van der Waals surface area contributed by atoms with Crippen molar-refractivity contribution in [3.05, 3.63) is 53.6 Å². The lowest BCUT2D eigenvalue weighted by Crippen LogP contribution is -2.50. The summed E-state index contributed by atoms with van der Waals surface area (Å²) in [4.78, 5) is 7.03. The van der Waals surface area contributed by atoms with Gasteiger partial charge in [0.25, 0.3) is 0 Å². The fourth-order valence-electron chi connectivity index (χ4n) is 3.30. The molecule has 1 fully saturated rings. The van der Waals surface area contributed by atoms with Crippen LogP contribution < -0.4 is 5.32 Å².